The van der Waals surface area contributed by atoms with Gasteiger partial charge in [-0.05, 0) is 45.7 Å². The lowest BCUT2D eigenvalue weighted by Crippen LogP contribution is -2.55. The second-order valence-corrected chi connectivity index (χ2v) is 8.83. The molecule has 0 bridgehead atoms. The van der Waals surface area contributed by atoms with Crippen LogP contribution in [-0.4, -0.2) is 40.6 Å². The Morgan fingerprint density at radius 2 is 1.79 bits per heavy atom. The van der Waals surface area contributed by atoms with E-state index in [2.05, 4.69) is 67.3 Å². The zero-order valence-corrected chi connectivity index (χ0v) is 17.7. The molecule has 0 radical (unpaired) electrons. The van der Waals surface area contributed by atoms with Crippen molar-refractivity contribution in [1.29, 1.82) is 0 Å². The van der Waals surface area contributed by atoms with Crippen LogP contribution < -0.4 is 0 Å². The standard InChI is InChI=1S/C24H32N2O2/c1-18-10-9-13-21(14-18)22-17-25(16-20-11-7-6-8-12-20)19(2)15-26(22)23(27)28-24(3,4)5/h6-14,19,22H,15-17H2,1-5H3/t19-,22?/m1/s1. The molecule has 1 unspecified atom stereocenters. The number of nitrogens with zero attached hydrogens (tertiary/aromatic N) is 2. The molecule has 28 heavy (non-hydrogen) atoms. The number of hydrogen-bond donors (Lipinski definition) is 0. The van der Waals surface area contributed by atoms with Gasteiger partial charge in [0.05, 0.1) is 6.04 Å². The molecule has 1 fully saturated rings. The Hall–Kier alpha value is -2.33. The minimum absolute atomic E-state index is 0.0188. The Morgan fingerprint density at radius 3 is 2.43 bits per heavy atom. The fraction of sp³-hybridized carbons (Fsp3) is 0.458. The molecule has 150 valence electrons. The molecular formula is C24H32N2O2. The molecule has 2 atom stereocenters. The van der Waals surface area contributed by atoms with Crippen LogP contribution in [0.5, 0.6) is 0 Å². The van der Waals surface area contributed by atoms with Crippen molar-refractivity contribution >= 4 is 6.09 Å². The van der Waals surface area contributed by atoms with Crippen LogP contribution in [0.25, 0.3) is 0 Å². The second kappa shape index (κ2) is 8.36. The summed E-state index contributed by atoms with van der Waals surface area (Å²) < 4.78 is 5.73. The maximum atomic E-state index is 13.0. The van der Waals surface area contributed by atoms with Crippen LogP contribution in [0.4, 0.5) is 4.79 Å². The highest BCUT2D eigenvalue weighted by Crippen LogP contribution is 2.31. The highest BCUT2D eigenvalue weighted by atomic mass is 16.6. The molecule has 0 spiro atoms. The van der Waals surface area contributed by atoms with Gasteiger partial charge in [0.1, 0.15) is 5.60 Å². The smallest absolute Gasteiger partial charge is 0.410 e. The van der Waals surface area contributed by atoms with E-state index in [0.29, 0.717) is 6.54 Å². The van der Waals surface area contributed by atoms with E-state index < -0.39 is 5.60 Å². The third-order valence-electron chi connectivity index (χ3n) is 5.15. The summed E-state index contributed by atoms with van der Waals surface area (Å²) in [6.45, 7) is 12.4. The molecule has 0 aliphatic carbocycles. The Kier molecular flexibility index (Phi) is 6.09. The maximum absolute atomic E-state index is 13.0. The van der Waals surface area contributed by atoms with Gasteiger partial charge in [-0.15, -0.1) is 0 Å². The fourth-order valence-corrected chi connectivity index (χ4v) is 3.75. The number of carbonyl (C=O) groups is 1. The Labute approximate surface area is 169 Å². The third-order valence-corrected chi connectivity index (χ3v) is 5.15. The number of piperazine rings is 1. The normalized spacial score (nSPS) is 20.8. The Balaban J connectivity index is 1.87. The van der Waals surface area contributed by atoms with Crippen LogP contribution in [0.1, 0.15) is 50.4 Å². The molecule has 1 amide bonds. The molecule has 0 N–H and O–H groups in total. The van der Waals surface area contributed by atoms with Crippen LogP contribution in [0.3, 0.4) is 0 Å². The first-order valence-electron chi connectivity index (χ1n) is 10.1. The predicted molar refractivity (Wildman–Crippen MR) is 113 cm³/mol. The molecule has 4 nitrogen and oxygen atoms in total. The van der Waals surface area contributed by atoms with E-state index in [1.807, 2.05) is 31.7 Å². The number of benzene rings is 2. The summed E-state index contributed by atoms with van der Waals surface area (Å²) in [7, 11) is 0. The first kappa shape index (κ1) is 20.4. The average molecular weight is 381 g/mol. The van der Waals surface area contributed by atoms with Gasteiger partial charge < -0.3 is 4.74 Å². The lowest BCUT2D eigenvalue weighted by Gasteiger charge is -2.45. The molecule has 1 saturated heterocycles. The lowest BCUT2D eigenvalue weighted by molar-refractivity contribution is -0.0159. The zero-order chi connectivity index (χ0) is 20.3. The molecule has 2 aromatic rings. The van der Waals surface area contributed by atoms with Crippen molar-refractivity contribution in [2.75, 3.05) is 13.1 Å². The third kappa shape index (κ3) is 5.14. The van der Waals surface area contributed by atoms with E-state index in [4.69, 9.17) is 4.74 Å². The van der Waals surface area contributed by atoms with Crippen molar-refractivity contribution in [3.63, 3.8) is 0 Å². The first-order chi connectivity index (χ1) is 13.2. The van der Waals surface area contributed by atoms with Crippen LogP contribution in [0.15, 0.2) is 54.6 Å². The lowest BCUT2D eigenvalue weighted by atomic mass is 9.98. The van der Waals surface area contributed by atoms with Gasteiger partial charge in [0.15, 0.2) is 0 Å². The first-order valence-corrected chi connectivity index (χ1v) is 10.1. The monoisotopic (exact) mass is 380 g/mol. The average Bonchev–Trinajstić information content (AvgIpc) is 2.62. The summed E-state index contributed by atoms with van der Waals surface area (Å²) in [6, 6.07) is 19.2. The highest BCUT2D eigenvalue weighted by molar-refractivity contribution is 5.69. The van der Waals surface area contributed by atoms with E-state index >= 15 is 0 Å². The fourth-order valence-electron chi connectivity index (χ4n) is 3.75. The van der Waals surface area contributed by atoms with Gasteiger partial charge in [-0.1, -0.05) is 60.2 Å². The Bertz CT molecular complexity index is 798. The predicted octanol–water partition coefficient (Wildman–Crippen LogP) is 5.18. The van der Waals surface area contributed by atoms with Gasteiger partial charge in [0, 0.05) is 25.7 Å². The molecule has 1 aliphatic heterocycles. The maximum Gasteiger partial charge on any atom is 0.410 e. The largest absolute Gasteiger partial charge is 0.444 e. The molecule has 2 aromatic carbocycles. The van der Waals surface area contributed by atoms with Crippen LogP contribution in [0.2, 0.25) is 0 Å². The molecule has 1 aliphatic rings. The topological polar surface area (TPSA) is 32.8 Å². The van der Waals surface area contributed by atoms with Crippen LogP contribution in [-0.2, 0) is 11.3 Å². The van der Waals surface area contributed by atoms with Crippen molar-refractivity contribution in [1.82, 2.24) is 9.80 Å². The van der Waals surface area contributed by atoms with Crippen molar-refractivity contribution in [3.05, 3.63) is 71.3 Å². The molecule has 3 rings (SSSR count). The summed E-state index contributed by atoms with van der Waals surface area (Å²) in [5.74, 6) is 0. The molecule has 4 heteroatoms. The molecule has 0 saturated carbocycles. The minimum atomic E-state index is -0.501. The zero-order valence-electron chi connectivity index (χ0n) is 17.7. The van der Waals surface area contributed by atoms with Gasteiger partial charge in [-0.2, -0.15) is 0 Å². The Morgan fingerprint density at radius 1 is 1.07 bits per heavy atom. The minimum Gasteiger partial charge on any atom is -0.444 e. The second-order valence-electron chi connectivity index (χ2n) is 8.83. The number of amides is 1. The summed E-state index contributed by atoms with van der Waals surface area (Å²) in [4.78, 5) is 17.3. The number of rotatable bonds is 3. The van der Waals surface area contributed by atoms with Crippen molar-refractivity contribution in [3.8, 4) is 0 Å². The number of ether oxygens (including phenoxy) is 1. The van der Waals surface area contributed by atoms with E-state index in [0.717, 1.165) is 18.7 Å². The van der Waals surface area contributed by atoms with Crippen molar-refractivity contribution in [2.45, 2.75) is 58.8 Å². The number of aryl methyl sites for hydroxylation is 1. The highest BCUT2D eigenvalue weighted by Gasteiger charge is 2.37. The molecule has 1 heterocycles. The van der Waals surface area contributed by atoms with Gasteiger partial charge >= 0.3 is 6.09 Å². The van der Waals surface area contributed by atoms with E-state index in [1.54, 1.807) is 0 Å². The van der Waals surface area contributed by atoms with E-state index in [-0.39, 0.29) is 18.2 Å². The van der Waals surface area contributed by atoms with Gasteiger partial charge in [-0.25, -0.2) is 4.79 Å². The summed E-state index contributed by atoms with van der Waals surface area (Å²) in [5.41, 5.74) is 3.16. The number of hydrogen-bond acceptors (Lipinski definition) is 3. The van der Waals surface area contributed by atoms with Crippen molar-refractivity contribution in [2.24, 2.45) is 0 Å². The van der Waals surface area contributed by atoms with Gasteiger partial charge in [0.2, 0.25) is 0 Å². The number of carbonyl (C=O) groups excluding carboxylic acids is 1. The molecule has 0 aromatic heterocycles. The van der Waals surface area contributed by atoms with E-state index in [1.165, 1.54) is 11.1 Å². The summed E-state index contributed by atoms with van der Waals surface area (Å²) in [5, 5.41) is 0. The summed E-state index contributed by atoms with van der Waals surface area (Å²) >= 11 is 0. The van der Waals surface area contributed by atoms with Gasteiger partial charge in [-0.3, -0.25) is 9.80 Å². The quantitative estimate of drug-likeness (QED) is 0.736. The van der Waals surface area contributed by atoms with E-state index in [9.17, 15) is 4.79 Å². The SMILES string of the molecule is Cc1cccc(C2CN(Cc3ccccc3)[C@H](C)CN2C(=O)OC(C)(C)C)c1. The van der Waals surface area contributed by atoms with Crippen molar-refractivity contribution < 1.29 is 9.53 Å². The van der Waals surface area contributed by atoms with Gasteiger partial charge in [0.25, 0.3) is 0 Å². The summed E-state index contributed by atoms with van der Waals surface area (Å²) in [6.07, 6.45) is -0.231. The van der Waals surface area contributed by atoms with Crippen LogP contribution in [0, 0.1) is 6.92 Å². The molecular weight excluding hydrogens is 348 g/mol. The van der Waals surface area contributed by atoms with Crippen LogP contribution >= 0.6 is 0 Å².